The van der Waals surface area contributed by atoms with E-state index in [9.17, 15) is 0 Å². The van der Waals surface area contributed by atoms with E-state index >= 15 is 0 Å². The van der Waals surface area contributed by atoms with Gasteiger partial charge in [-0.25, -0.2) is 0 Å². The smallest absolute Gasteiger partial charge is 0.226 e. The summed E-state index contributed by atoms with van der Waals surface area (Å²) in [5, 5.41) is 8.17. The average Bonchev–Trinajstić information content (AvgIpc) is 2.91. The summed E-state index contributed by atoms with van der Waals surface area (Å²) in [6, 6.07) is 0. The number of aromatic nitrogens is 2. The van der Waals surface area contributed by atoms with Crippen LogP contribution in [0.5, 0.6) is 0 Å². The lowest BCUT2D eigenvalue weighted by Gasteiger charge is -2.21. The van der Waals surface area contributed by atoms with Crippen molar-refractivity contribution in [3.63, 3.8) is 0 Å². The molecule has 1 fully saturated rings. The molecular formula is C14H25N3OS. The molecule has 1 N–H and O–H groups in total. The van der Waals surface area contributed by atoms with Crippen LogP contribution < -0.4 is 5.32 Å². The van der Waals surface area contributed by atoms with Gasteiger partial charge in [0.1, 0.15) is 0 Å². The Morgan fingerprint density at radius 2 is 2.42 bits per heavy atom. The van der Waals surface area contributed by atoms with E-state index in [0.29, 0.717) is 5.25 Å². The first-order chi connectivity index (χ1) is 9.28. The quantitative estimate of drug-likeness (QED) is 0.833. The van der Waals surface area contributed by atoms with Crippen LogP contribution in [0.15, 0.2) is 4.52 Å². The fourth-order valence-electron chi connectivity index (χ4n) is 2.28. The number of aryl methyl sites for hydroxylation is 1. The summed E-state index contributed by atoms with van der Waals surface area (Å²) in [5.41, 5.74) is 0. The van der Waals surface area contributed by atoms with Gasteiger partial charge in [0.05, 0.1) is 5.75 Å². The summed E-state index contributed by atoms with van der Waals surface area (Å²) >= 11 is 1.89. The van der Waals surface area contributed by atoms with E-state index in [1.54, 1.807) is 0 Å². The summed E-state index contributed by atoms with van der Waals surface area (Å²) in [6.07, 6.45) is 5.90. The van der Waals surface area contributed by atoms with E-state index in [0.717, 1.165) is 42.8 Å². The number of rotatable bonds is 7. The molecule has 2 heterocycles. The van der Waals surface area contributed by atoms with Gasteiger partial charge in [-0.1, -0.05) is 19.0 Å². The zero-order valence-corrected chi connectivity index (χ0v) is 12.8. The lowest BCUT2D eigenvalue weighted by Crippen LogP contribution is -2.29. The van der Waals surface area contributed by atoms with Crippen molar-refractivity contribution in [2.45, 2.75) is 57.0 Å². The lowest BCUT2D eigenvalue weighted by molar-refractivity contribution is 0.326. The minimum atomic E-state index is 0.662. The third kappa shape index (κ3) is 5.15. The predicted molar refractivity (Wildman–Crippen MR) is 79.3 cm³/mol. The number of nitrogens with zero attached hydrogens (tertiary/aromatic N) is 2. The summed E-state index contributed by atoms with van der Waals surface area (Å²) < 4.78 is 5.33. The minimum Gasteiger partial charge on any atom is -0.339 e. The summed E-state index contributed by atoms with van der Waals surface area (Å²) in [5.74, 6) is 3.30. The number of piperidine rings is 1. The highest BCUT2D eigenvalue weighted by molar-refractivity contribution is 7.99. The minimum absolute atomic E-state index is 0.662. The molecule has 0 aliphatic carbocycles. The van der Waals surface area contributed by atoms with Gasteiger partial charge in [0.15, 0.2) is 5.82 Å². The second kappa shape index (κ2) is 7.90. The van der Waals surface area contributed by atoms with E-state index < -0.39 is 0 Å². The molecule has 2 rings (SSSR count). The van der Waals surface area contributed by atoms with E-state index in [2.05, 4.69) is 29.3 Å². The Morgan fingerprint density at radius 1 is 1.53 bits per heavy atom. The highest BCUT2D eigenvalue weighted by Gasteiger charge is 2.15. The molecule has 2 unspecified atom stereocenters. The molecule has 2 atom stereocenters. The molecule has 0 saturated carbocycles. The van der Waals surface area contributed by atoms with Crippen LogP contribution in [0.1, 0.15) is 51.2 Å². The molecule has 0 aromatic carbocycles. The van der Waals surface area contributed by atoms with Crippen molar-refractivity contribution in [1.29, 1.82) is 0 Å². The van der Waals surface area contributed by atoms with Crippen molar-refractivity contribution >= 4 is 11.8 Å². The highest BCUT2D eigenvalue weighted by atomic mass is 32.2. The maximum Gasteiger partial charge on any atom is 0.226 e. The zero-order chi connectivity index (χ0) is 13.5. The van der Waals surface area contributed by atoms with Gasteiger partial charge in [-0.15, -0.1) is 0 Å². The molecule has 1 saturated heterocycles. The molecule has 1 aromatic rings. The van der Waals surface area contributed by atoms with Crippen molar-refractivity contribution in [1.82, 2.24) is 15.5 Å². The van der Waals surface area contributed by atoms with Crippen molar-refractivity contribution in [2.75, 3.05) is 13.1 Å². The Balaban J connectivity index is 1.70. The Hall–Kier alpha value is -0.550. The highest BCUT2D eigenvalue weighted by Crippen LogP contribution is 2.19. The van der Waals surface area contributed by atoms with E-state index in [1.807, 2.05) is 11.8 Å². The lowest BCUT2D eigenvalue weighted by atomic mass is 9.95. The summed E-state index contributed by atoms with van der Waals surface area (Å²) in [6.45, 7) is 6.76. The van der Waals surface area contributed by atoms with Crippen LogP contribution in [0, 0.1) is 5.92 Å². The van der Waals surface area contributed by atoms with Crippen LogP contribution in [0.2, 0.25) is 0 Å². The number of hydrogen-bond donors (Lipinski definition) is 1. The average molecular weight is 283 g/mol. The van der Waals surface area contributed by atoms with Gasteiger partial charge in [-0.3, -0.25) is 0 Å². The molecular weight excluding hydrogens is 258 g/mol. The van der Waals surface area contributed by atoms with Crippen molar-refractivity contribution < 1.29 is 4.52 Å². The Kier molecular flexibility index (Phi) is 6.17. The van der Waals surface area contributed by atoms with Crippen LogP contribution in [0.4, 0.5) is 0 Å². The largest absolute Gasteiger partial charge is 0.339 e. The van der Waals surface area contributed by atoms with Gasteiger partial charge in [0, 0.05) is 11.7 Å². The van der Waals surface area contributed by atoms with Crippen molar-refractivity contribution in [2.24, 2.45) is 5.92 Å². The first kappa shape index (κ1) is 14.9. The SMILES string of the molecule is CCC(C)SCc1noc(CCC2CCCNC2)n1. The molecule has 5 heteroatoms. The maximum atomic E-state index is 5.33. The number of thioether (sulfide) groups is 1. The van der Waals surface area contributed by atoms with Crippen molar-refractivity contribution in [3.8, 4) is 0 Å². The van der Waals surface area contributed by atoms with Crippen LogP contribution in [-0.2, 0) is 12.2 Å². The molecule has 1 aliphatic rings. The summed E-state index contributed by atoms with van der Waals surface area (Å²) in [7, 11) is 0. The number of nitrogens with one attached hydrogen (secondary N) is 1. The third-order valence-corrected chi connectivity index (χ3v) is 5.07. The normalized spacial score (nSPS) is 21.5. The first-order valence-corrected chi connectivity index (χ1v) is 8.46. The Morgan fingerprint density at radius 3 is 3.16 bits per heavy atom. The molecule has 19 heavy (non-hydrogen) atoms. The second-order valence-electron chi connectivity index (χ2n) is 5.39. The first-order valence-electron chi connectivity index (χ1n) is 7.41. The Labute approximate surface area is 120 Å². The number of hydrogen-bond acceptors (Lipinski definition) is 5. The molecule has 0 spiro atoms. The van der Waals surface area contributed by atoms with Gasteiger partial charge in [0.25, 0.3) is 0 Å². The summed E-state index contributed by atoms with van der Waals surface area (Å²) in [4.78, 5) is 4.48. The van der Waals surface area contributed by atoms with Gasteiger partial charge in [0.2, 0.25) is 5.89 Å². The van der Waals surface area contributed by atoms with Crippen molar-refractivity contribution in [3.05, 3.63) is 11.7 Å². The van der Waals surface area contributed by atoms with Crippen LogP contribution >= 0.6 is 11.8 Å². The molecule has 4 nitrogen and oxygen atoms in total. The molecule has 0 bridgehead atoms. The maximum absolute atomic E-state index is 5.33. The topological polar surface area (TPSA) is 51.0 Å². The van der Waals surface area contributed by atoms with Crippen LogP contribution in [0.3, 0.4) is 0 Å². The zero-order valence-electron chi connectivity index (χ0n) is 12.0. The third-order valence-electron chi connectivity index (χ3n) is 3.75. The Bertz CT molecular complexity index is 363. The molecule has 108 valence electrons. The van der Waals surface area contributed by atoms with Gasteiger partial charge in [-0.05, 0) is 44.7 Å². The fraction of sp³-hybridized carbons (Fsp3) is 0.857. The van der Waals surface area contributed by atoms with E-state index in [4.69, 9.17) is 4.52 Å². The van der Waals surface area contributed by atoms with Crippen LogP contribution in [-0.4, -0.2) is 28.5 Å². The van der Waals surface area contributed by atoms with Gasteiger partial charge in [-0.2, -0.15) is 16.7 Å². The molecule has 1 aliphatic heterocycles. The predicted octanol–water partition coefficient (Wildman–Crippen LogP) is 3.03. The molecule has 0 radical (unpaired) electrons. The molecule has 1 aromatic heterocycles. The molecule has 0 amide bonds. The monoisotopic (exact) mass is 283 g/mol. The fourth-order valence-corrected chi connectivity index (χ4v) is 3.07. The van der Waals surface area contributed by atoms with E-state index in [1.165, 1.54) is 25.8 Å². The van der Waals surface area contributed by atoms with Crippen LogP contribution in [0.25, 0.3) is 0 Å². The van der Waals surface area contributed by atoms with E-state index in [-0.39, 0.29) is 0 Å². The second-order valence-corrected chi connectivity index (χ2v) is 6.81. The van der Waals surface area contributed by atoms with Gasteiger partial charge >= 0.3 is 0 Å². The standard InChI is InChI=1S/C14H25N3OS/c1-3-11(2)19-10-13-16-14(18-17-13)7-6-12-5-4-8-15-9-12/h11-12,15H,3-10H2,1-2H3. The van der Waals surface area contributed by atoms with Gasteiger partial charge < -0.3 is 9.84 Å².